The summed E-state index contributed by atoms with van der Waals surface area (Å²) in [4.78, 5) is 14.0. The van der Waals surface area contributed by atoms with Crippen LogP contribution in [0.5, 0.6) is 0 Å². The number of benzene rings is 1. The first-order valence-corrected chi connectivity index (χ1v) is 7.36. The second kappa shape index (κ2) is 6.87. The molecule has 1 amide bonds. The third kappa shape index (κ3) is 4.15. The Morgan fingerprint density at radius 3 is 2.95 bits per heavy atom. The molecule has 0 saturated carbocycles. The van der Waals surface area contributed by atoms with Gasteiger partial charge in [0.1, 0.15) is 4.99 Å². The van der Waals surface area contributed by atoms with Crippen LogP contribution in [0, 0.1) is 6.92 Å². The van der Waals surface area contributed by atoms with Gasteiger partial charge < -0.3 is 15.8 Å². The van der Waals surface area contributed by atoms with E-state index in [0.29, 0.717) is 4.99 Å². The molecule has 1 aromatic carbocycles. The SMILES string of the molecule is COC(=O)NC1CCN(Cc2ccc(C(N)=S)cc2C)C1. The maximum absolute atomic E-state index is 11.2. The summed E-state index contributed by atoms with van der Waals surface area (Å²) in [7, 11) is 1.38. The molecule has 0 bridgehead atoms. The Balaban J connectivity index is 1.94. The minimum absolute atomic E-state index is 0.161. The fourth-order valence-electron chi connectivity index (χ4n) is 2.59. The van der Waals surface area contributed by atoms with Gasteiger partial charge in [-0.15, -0.1) is 0 Å². The lowest BCUT2D eigenvalue weighted by molar-refractivity contribution is 0.166. The molecule has 1 fully saturated rings. The smallest absolute Gasteiger partial charge is 0.407 e. The number of alkyl carbamates (subject to hydrolysis) is 1. The van der Waals surface area contributed by atoms with E-state index >= 15 is 0 Å². The Morgan fingerprint density at radius 2 is 2.33 bits per heavy atom. The van der Waals surface area contributed by atoms with Gasteiger partial charge in [-0.1, -0.05) is 24.4 Å². The molecule has 0 aromatic heterocycles. The molecule has 5 nitrogen and oxygen atoms in total. The maximum atomic E-state index is 11.2. The molecule has 0 aliphatic carbocycles. The van der Waals surface area contributed by atoms with Gasteiger partial charge in [0, 0.05) is 31.2 Å². The van der Waals surface area contributed by atoms with Crippen LogP contribution in [0.4, 0.5) is 4.79 Å². The highest BCUT2D eigenvalue weighted by Crippen LogP contribution is 2.17. The Kier molecular flexibility index (Phi) is 5.14. The zero-order valence-electron chi connectivity index (χ0n) is 12.4. The van der Waals surface area contributed by atoms with E-state index in [1.807, 2.05) is 12.1 Å². The Morgan fingerprint density at radius 1 is 1.57 bits per heavy atom. The van der Waals surface area contributed by atoms with Crippen molar-refractivity contribution in [3.63, 3.8) is 0 Å². The number of nitrogens with zero attached hydrogens (tertiary/aromatic N) is 1. The summed E-state index contributed by atoms with van der Waals surface area (Å²) >= 11 is 4.99. The fourth-order valence-corrected chi connectivity index (χ4v) is 2.71. The van der Waals surface area contributed by atoms with Crippen LogP contribution in [0.3, 0.4) is 0 Å². The van der Waals surface area contributed by atoms with Gasteiger partial charge in [-0.05, 0) is 30.5 Å². The van der Waals surface area contributed by atoms with E-state index in [1.165, 1.54) is 18.2 Å². The van der Waals surface area contributed by atoms with E-state index in [2.05, 4.69) is 27.9 Å². The Labute approximate surface area is 130 Å². The Bertz CT molecular complexity index is 548. The van der Waals surface area contributed by atoms with Gasteiger partial charge >= 0.3 is 6.09 Å². The predicted molar refractivity (Wildman–Crippen MR) is 86.3 cm³/mol. The van der Waals surface area contributed by atoms with Gasteiger partial charge in [0.2, 0.25) is 0 Å². The molecule has 1 unspecified atom stereocenters. The average molecular weight is 307 g/mol. The van der Waals surface area contributed by atoms with Crippen molar-refractivity contribution in [2.75, 3.05) is 20.2 Å². The van der Waals surface area contributed by atoms with Crippen molar-refractivity contribution in [1.82, 2.24) is 10.2 Å². The van der Waals surface area contributed by atoms with Gasteiger partial charge in [0.25, 0.3) is 0 Å². The lowest BCUT2D eigenvalue weighted by Gasteiger charge is -2.18. The van der Waals surface area contributed by atoms with Gasteiger partial charge in [-0.3, -0.25) is 4.90 Å². The molecule has 1 atom stereocenters. The number of nitrogens with one attached hydrogen (secondary N) is 1. The first kappa shape index (κ1) is 15.7. The van der Waals surface area contributed by atoms with Crippen LogP contribution in [-0.2, 0) is 11.3 Å². The molecular weight excluding hydrogens is 286 g/mol. The van der Waals surface area contributed by atoms with Crippen molar-refractivity contribution in [3.05, 3.63) is 34.9 Å². The summed E-state index contributed by atoms with van der Waals surface area (Å²) in [6.45, 7) is 4.73. The second-order valence-corrected chi connectivity index (χ2v) is 5.80. The van der Waals surface area contributed by atoms with Crippen LogP contribution >= 0.6 is 12.2 Å². The van der Waals surface area contributed by atoms with Crippen molar-refractivity contribution >= 4 is 23.3 Å². The largest absolute Gasteiger partial charge is 0.453 e. The van der Waals surface area contributed by atoms with E-state index < -0.39 is 0 Å². The van der Waals surface area contributed by atoms with E-state index in [4.69, 9.17) is 18.0 Å². The monoisotopic (exact) mass is 307 g/mol. The molecule has 0 spiro atoms. The Hall–Kier alpha value is -1.66. The van der Waals surface area contributed by atoms with Crippen LogP contribution in [-0.4, -0.2) is 42.2 Å². The van der Waals surface area contributed by atoms with Crippen molar-refractivity contribution in [3.8, 4) is 0 Å². The molecule has 114 valence electrons. The molecule has 2 rings (SSSR count). The van der Waals surface area contributed by atoms with E-state index in [0.717, 1.165) is 31.6 Å². The van der Waals surface area contributed by atoms with Crippen molar-refractivity contribution in [2.24, 2.45) is 5.73 Å². The summed E-state index contributed by atoms with van der Waals surface area (Å²) in [5.74, 6) is 0. The molecule has 3 N–H and O–H groups in total. The number of carbonyl (C=O) groups excluding carboxylic acids is 1. The number of thiocarbonyl (C=S) groups is 1. The number of carbonyl (C=O) groups is 1. The summed E-state index contributed by atoms with van der Waals surface area (Å²) in [5.41, 5.74) is 8.99. The van der Waals surface area contributed by atoms with Crippen molar-refractivity contribution in [1.29, 1.82) is 0 Å². The normalized spacial score (nSPS) is 18.5. The molecule has 1 aromatic rings. The molecule has 21 heavy (non-hydrogen) atoms. The molecule has 1 heterocycles. The van der Waals surface area contributed by atoms with E-state index in [9.17, 15) is 4.79 Å². The van der Waals surface area contributed by atoms with Crippen LogP contribution < -0.4 is 11.1 Å². The third-order valence-electron chi connectivity index (χ3n) is 3.80. The van der Waals surface area contributed by atoms with Crippen LogP contribution in [0.15, 0.2) is 18.2 Å². The predicted octanol–water partition coefficient (Wildman–Crippen LogP) is 1.56. The highest BCUT2D eigenvalue weighted by molar-refractivity contribution is 7.80. The number of likely N-dealkylation sites (tertiary alicyclic amines) is 1. The molecule has 0 radical (unpaired) electrons. The molecule has 1 aliphatic rings. The van der Waals surface area contributed by atoms with Crippen LogP contribution in [0.25, 0.3) is 0 Å². The van der Waals surface area contributed by atoms with Gasteiger partial charge in [-0.2, -0.15) is 0 Å². The number of rotatable bonds is 4. The quantitative estimate of drug-likeness (QED) is 0.826. The second-order valence-electron chi connectivity index (χ2n) is 5.36. The molecular formula is C15H21N3O2S. The van der Waals surface area contributed by atoms with Gasteiger partial charge in [0.05, 0.1) is 7.11 Å². The minimum atomic E-state index is -0.362. The van der Waals surface area contributed by atoms with Gasteiger partial charge in [-0.25, -0.2) is 4.79 Å². The van der Waals surface area contributed by atoms with Crippen LogP contribution in [0.2, 0.25) is 0 Å². The van der Waals surface area contributed by atoms with Crippen LogP contribution in [0.1, 0.15) is 23.1 Å². The lowest BCUT2D eigenvalue weighted by atomic mass is 10.0. The number of hydrogen-bond acceptors (Lipinski definition) is 4. The highest BCUT2D eigenvalue weighted by Gasteiger charge is 2.24. The first-order chi connectivity index (χ1) is 9.99. The average Bonchev–Trinajstić information content (AvgIpc) is 2.88. The highest BCUT2D eigenvalue weighted by atomic mass is 32.1. The maximum Gasteiger partial charge on any atom is 0.407 e. The zero-order valence-corrected chi connectivity index (χ0v) is 13.2. The number of aryl methyl sites for hydroxylation is 1. The fraction of sp³-hybridized carbons (Fsp3) is 0.467. The summed E-state index contributed by atoms with van der Waals surface area (Å²) in [6, 6.07) is 6.22. The summed E-state index contributed by atoms with van der Waals surface area (Å²) in [5, 5.41) is 2.85. The first-order valence-electron chi connectivity index (χ1n) is 6.95. The topological polar surface area (TPSA) is 67.6 Å². The minimum Gasteiger partial charge on any atom is -0.453 e. The van der Waals surface area contributed by atoms with Gasteiger partial charge in [0.15, 0.2) is 0 Å². The van der Waals surface area contributed by atoms with E-state index in [-0.39, 0.29) is 12.1 Å². The summed E-state index contributed by atoms with van der Waals surface area (Å²) < 4.78 is 4.63. The number of methoxy groups -OCH3 is 1. The summed E-state index contributed by atoms with van der Waals surface area (Å²) in [6.07, 6.45) is 0.581. The molecule has 1 saturated heterocycles. The molecule has 1 aliphatic heterocycles. The number of ether oxygens (including phenoxy) is 1. The van der Waals surface area contributed by atoms with E-state index in [1.54, 1.807) is 0 Å². The number of hydrogen-bond donors (Lipinski definition) is 2. The third-order valence-corrected chi connectivity index (χ3v) is 4.04. The zero-order chi connectivity index (χ0) is 15.4. The number of amides is 1. The van der Waals surface area contributed by atoms with Crippen molar-refractivity contribution in [2.45, 2.75) is 25.9 Å². The standard InChI is InChI=1S/C15H21N3O2S/c1-10-7-11(14(16)21)3-4-12(10)8-18-6-5-13(9-18)17-15(19)20-2/h3-4,7,13H,5-6,8-9H2,1-2H3,(H2,16,21)(H,17,19). The number of nitrogens with two attached hydrogens (primary N) is 1. The lowest BCUT2D eigenvalue weighted by Crippen LogP contribution is -2.36. The van der Waals surface area contributed by atoms with Crippen molar-refractivity contribution < 1.29 is 9.53 Å². The molecule has 6 heteroatoms.